The fraction of sp³-hybridized carbons (Fsp3) is 0.538. The first-order valence-electron chi connectivity index (χ1n) is 5.70. The molecule has 0 aliphatic carbocycles. The van der Waals surface area contributed by atoms with Crippen LogP contribution in [0.4, 0.5) is 4.39 Å². The van der Waals surface area contributed by atoms with Crippen LogP contribution in [0.1, 0.15) is 5.56 Å². The minimum Gasteiger partial charge on any atom is -0.494 e. The zero-order valence-corrected chi connectivity index (χ0v) is 11.7. The zero-order chi connectivity index (χ0) is 13.5. The Labute approximate surface area is 112 Å². The summed E-state index contributed by atoms with van der Waals surface area (Å²) in [5.41, 5.74) is 0.886. The quantitative estimate of drug-likeness (QED) is 0.714. The SMILES string of the molecule is COCC(Cl)CN(C)Cc1ccc(OC)c(F)c1. The molecule has 0 saturated carbocycles. The Morgan fingerprint density at radius 3 is 2.67 bits per heavy atom. The number of methoxy groups -OCH3 is 2. The Balaban J connectivity index is 2.54. The zero-order valence-electron chi connectivity index (χ0n) is 11.0. The van der Waals surface area contributed by atoms with E-state index < -0.39 is 0 Å². The van der Waals surface area contributed by atoms with Gasteiger partial charge in [0.05, 0.1) is 19.1 Å². The Kier molecular flexibility index (Phi) is 6.39. The summed E-state index contributed by atoms with van der Waals surface area (Å²) in [6.45, 7) is 1.82. The maximum atomic E-state index is 13.5. The van der Waals surface area contributed by atoms with E-state index in [1.54, 1.807) is 13.2 Å². The Morgan fingerprint density at radius 1 is 1.39 bits per heavy atom. The van der Waals surface area contributed by atoms with Crippen LogP contribution in [-0.2, 0) is 11.3 Å². The summed E-state index contributed by atoms with van der Waals surface area (Å²) in [7, 11) is 5.01. The first kappa shape index (κ1) is 15.2. The van der Waals surface area contributed by atoms with Crippen LogP contribution in [0.5, 0.6) is 5.75 Å². The number of ether oxygens (including phenoxy) is 2. The van der Waals surface area contributed by atoms with E-state index in [2.05, 4.69) is 0 Å². The first-order chi connectivity index (χ1) is 8.56. The summed E-state index contributed by atoms with van der Waals surface area (Å²) in [5.74, 6) is -0.0845. The highest BCUT2D eigenvalue weighted by molar-refractivity contribution is 6.20. The summed E-state index contributed by atoms with van der Waals surface area (Å²) in [5, 5.41) is -0.0666. The van der Waals surface area contributed by atoms with Gasteiger partial charge in [0.2, 0.25) is 0 Å². The highest BCUT2D eigenvalue weighted by Gasteiger charge is 2.10. The molecule has 1 atom stereocenters. The monoisotopic (exact) mass is 275 g/mol. The normalized spacial score (nSPS) is 12.8. The minimum absolute atomic E-state index is 0.0666. The van der Waals surface area contributed by atoms with Crippen molar-refractivity contribution in [2.24, 2.45) is 0 Å². The molecule has 0 aromatic heterocycles. The molecule has 0 amide bonds. The van der Waals surface area contributed by atoms with Crippen molar-refractivity contribution in [3.8, 4) is 5.75 Å². The van der Waals surface area contributed by atoms with Gasteiger partial charge in [-0.2, -0.15) is 0 Å². The van der Waals surface area contributed by atoms with Crippen molar-refractivity contribution < 1.29 is 13.9 Å². The average molecular weight is 276 g/mol. The summed E-state index contributed by atoms with van der Waals surface area (Å²) >= 11 is 6.06. The number of alkyl halides is 1. The Morgan fingerprint density at radius 2 is 2.11 bits per heavy atom. The molecule has 1 aromatic rings. The standard InChI is InChI=1S/C13H19ClFNO2/c1-16(8-11(14)9-17-2)7-10-4-5-13(18-3)12(15)6-10/h4-6,11H,7-9H2,1-3H3. The van der Waals surface area contributed by atoms with Crippen LogP contribution in [0.25, 0.3) is 0 Å². The van der Waals surface area contributed by atoms with E-state index >= 15 is 0 Å². The molecule has 18 heavy (non-hydrogen) atoms. The van der Waals surface area contributed by atoms with Crippen LogP contribution in [0, 0.1) is 5.82 Å². The predicted octanol–water partition coefficient (Wildman–Crippen LogP) is 2.52. The Bertz CT molecular complexity index is 376. The van der Waals surface area contributed by atoms with Crippen molar-refractivity contribution in [1.82, 2.24) is 4.90 Å². The first-order valence-corrected chi connectivity index (χ1v) is 6.14. The fourth-order valence-corrected chi connectivity index (χ4v) is 2.12. The van der Waals surface area contributed by atoms with Crippen LogP contribution in [0.2, 0.25) is 0 Å². The van der Waals surface area contributed by atoms with Gasteiger partial charge in [-0.05, 0) is 24.7 Å². The lowest BCUT2D eigenvalue weighted by Gasteiger charge is -2.19. The molecule has 102 valence electrons. The number of rotatable bonds is 7. The summed E-state index contributed by atoms with van der Waals surface area (Å²) in [6.07, 6.45) is 0. The third-order valence-corrected chi connectivity index (χ3v) is 2.79. The van der Waals surface area contributed by atoms with Crippen LogP contribution < -0.4 is 4.74 Å². The number of hydrogen-bond donors (Lipinski definition) is 0. The molecule has 0 N–H and O–H groups in total. The van der Waals surface area contributed by atoms with Gasteiger partial charge in [-0.25, -0.2) is 4.39 Å². The van der Waals surface area contributed by atoms with E-state index in [9.17, 15) is 4.39 Å². The summed E-state index contributed by atoms with van der Waals surface area (Å²) < 4.78 is 23.3. The predicted molar refractivity (Wildman–Crippen MR) is 70.8 cm³/mol. The third kappa shape index (κ3) is 4.80. The van der Waals surface area contributed by atoms with Gasteiger partial charge in [-0.3, -0.25) is 0 Å². The summed E-state index contributed by atoms with van der Waals surface area (Å²) in [4.78, 5) is 2.03. The largest absolute Gasteiger partial charge is 0.494 e. The molecule has 5 heteroatoms. The van der Waals surface area contributed by atoms with Crippen molar-refractivity contribution in [1.29, 1.82) is 0 Å². The minimum atomic E-state index is -0.345. The highest BCUT2D eigenvalue weighted by Crippen LogP contribution is 2.18. The smallest absolute Gasteiger partial charge is 0.165 e. The molecule has 0 saturated heterocycles. The van der Waals surface area contributed by atoms with Gasteiger partial charge in [-0.1, -0.05) is 6.07 Å². The van der Waals surface area contributed by atoms with Crippen LogP contribution in [-0.4, -0.2) is 44.7 Å². The average Bonchev–Trinajstić information content (AvgIpc) is 2.29. The van der Waals surface area contributed by atoms with Crippen molar-refractivity contribution in [2.75, 3.05) is 34.4 Å². The lowest BCUT2D eigenvalue weighted by molar-refractivity contribution is 0.181. The number of hydrogen-bond acceptors (Lipinski definition) is 3. The van der Waals surface area contributed by atoms with Gasteiger partial charge in [0.25, 0.3) is 0 Å². The van der Waals surface area contributed by atoms with Crippen LogP contribution in [0.3, 0.4) is 0 Å². The third-order valence-electron chi connectivity index (χ3n) is 2.53. The molecule has 0 heterocycles. The molecule has 0 radical (unpaired) electrons. The fourth-order valence-electron chi connectivity index (χ4n) is 1.76. The molecular formula is C13H19ClFNO2. The number of halogens is 2. The van der Waals surface area contributed by atoms with E-state index in [-0.39, 0.29) is 16.9 Å². The van der Waals surface area contributed by atoms with Crippen molar-refractivity contribution in [2.45, 2.75) is 11.9 Å². The van der Waals surface area contributed by atoms with Gasteiger partial charge in [0.1, 0.15) is 0 Å². The molecule has 1 unspecified atom stereocenters. The maximum Gasteiger partial charge on any atom is 0.165 e. The number of nitrogens with zero attached hydrogens (tertiary/aromatic N) is 1. The molecule has 0 aliphatic heterocycles. The lowest BCUT2D eigenvalue weighted by atomic mass is 10.2. The molecule has 0 bridgehead atoms. The van der Waals surface area contributed by atoms with Crippen molar-refractivity contribution >= 4 is 11.6 Å². The van der Waals surface area contributed by atoms with Crippen molar-refractivity contribution in [3.05, 3.63) is 29.6 Å². The molecule has 1 aromatic carbocycles. The highest BCUT2D eigenvalue weighted by atomic mass is 35.5. The van der Waals surface area contributed by atoms with Gasteiger partial charge in [0, 0.05) is 20.2 Å². The second-order valence-electron chi connectivity index (χ2n) is 4.22. The molecular weight excluding hydrogens is 257 g/mol. The van der Waals surface area contributed by atoms with E-state index in [1.165, 1.54) is 13.2 Å². The number of benzene rings is 1. The molecule has 0 aliphatic rings. The second-order valence-corrected chi connectivity index (χ2v) is 4.84. The lowest BCUT2D eigenvalue weighted by Crippen LogP contribution is -2.28. The molecule has 1 rings (SSSR count). The van der Waals surface area contributed by atoms with Gasteiger partial charge < -0.3 is 14.4 Å². The van der Waals surface area contributed by atoms with Crippen molar-refractivity contribution in [3.63, 3.8) is 0 Å². The summed E-state index contributed by atoms with van der Waals surface area (Å²) in [6, 6.07) is 4.96. The molecule has 3 nitrogen and oxygen atoms in total. The van der Waals surface area contributed by atoms with Crippen LogP contribution in [0.15, 0.2) is 18.2 Å². The van der Waals surface area contributed by atoms with Gasteiger partial charge >= 0.3 is 0 Å². The maximum absolute atomic E-state index is 13.5. The Hall–Kier alpha value is -0.840. The van der Waals surface area contributed by atoms with E-state index in [1.807, 2.05) is 18.0 Å². The topological polar surface area (TPSA) is 21.7 Å². The van der Waals surface area contributed by atoms with Gasteiger partial charge in [-0.15, -0.1) is 11.6 Å². The van der Waals surface area contributed by atoms with E-state index in [0.717, 1.165) is 5.56 Å². The molecule has 0 spiro atoms. The van der Waals surface area contributed by atoms with E-state index in [0.29, 0.717) is 19.7 Å². The van der Waals surface area contributed by atoms with Gasteiger partial charge in [0.15, 0.2) is 11.6 Å². The van der Waals surface area contributed by atoms with Crippen LogP contribution >= 0.6 is 11.6 Å². The van der Waals surface area contributed by atoms with E-state index in [4.69, 9.17) is 21.1 Å². The second kappa shape index (κ2) is 7.56. The molecule has 0 fully saturated rings.